The summed E-state index contributed by atoms with van der Waals surface area (Å²) < 4.78 is 0. The summed E-state index contributed by atoms with van der Waals surface area (Å²) in [6.45, 7) is 1.58. The van der Waals surface area contributed by atoms with E-state index in [0.717, 1.165) is 0 Å². The van der Waals surface area contributed by atoms with Gasteiger partial charge in [0, 0.05) is 0 Å². The molecule has 0 aliphatic carbocycles. The molecule has 0 aliphatic rings. The van der Waals surface area contributed by atoms with Gasteiger partial charge in [-0.3, -0.25) is 0 Å². The molecule has 2 N–H and O–H groups in total. The highest BCUT2D eigenvalue weighted by Crippen LogP contribution is 2.23. The van der Waals surface area contributed by atoms with Crippen LogP contribution < -0.4 is 5.73 Å². The molecular formula is C5H5ClN4O. The Morgan fingerprint density at radius 1 is 1.55 bits per heavy atom. The number of hydrogen-bond donors (Lipinski definition) is 1. The molecule has 0 aliphatic heterocycles. The third-order valence-corrected chi connectivity index (χ3v) is 1.32. The van der Waals surface area contributed by atoms with Gasteiger partial charge in [0.2, 0.25) is 5.28 Å². The number of aryl methyl sites for hydroxylation is 1. The van der Waals surface area contributed by atoms with E-state index in [1.54, 1.807) is 6.92 Å². The first kappa shape index (κ1) is 7.87. The number of nitroso groups, excluding NO2 is 1. The molecule has 0 saturated carbocycles. The molecule has 1 heterocycles. The first-order chi connectivity index (χ1) is 5.15. The second-order valence-electron chi connectivity index (χ2n) is 1.90. The molecule has 0 bridgehead atoms. The fourth-order valence-corrected chi connectivity index (χ4v) is 0.885. The van der Waals surface area contributed by atoms with Gasteiger partial charge in [0.15, 0.2) is 11.5 Å². The van der Waals surface area contributed by atoms with E-state index < -0.39 is 0 Å². The highest BCUT2D eigenvalue weighted by molar-refractivity contribution is 6.28. The van der Waals surface area contributed by atoms with Crippen LogP contribution in [0.5, 0.6) is 0 Å². The van der Waals surface area contributed by atoms with Crippen LogP contribution in [0.25, 0.3) is 0 Å². The molecule has 0 fully saturated rings. The average Bonchev–Trinajstić information content (AvgIpc) is 1.85. The number of nitrogens with zero attached hydrogens (tertiary/aromatic N) is 3. The Bertz CT molecular complexity index is 278. The summed E-state index contributed by atoms with van der Waals surface area (Å²) in [5.74, 6) is 0.0116. The van der Waals surface area contributed by atoms with Crippen LogP contribution in [0.15, 0.2) is 5.18 Å². The molecule has 0 radical (unpaired) electrons. The molecule has 11 heavy (non-hydrogen) atoms. The van der Waals surface area contributed by atoms with E-state index >= 15 is 0 Å². The van der Waals surface area contributed by atoms with Crippen LogP contribution in [-0.4, -0.2) is 9.97 Å². The minimum atomic E-state index is 0.0116. The predicted molar refractivity (Wildman–Crippen MR) is 41.6 cm³/mol. The quantitative estimate of drug-likeness (QED) is 0.513. The van der Waals surface area contributed by atoms with E-state index in [0.29, 0.717) is 5.69 Å². The van der Waals surface area contributed by atoms with Gasteiger partial charge in [-0.15, -0.1) is 4.91 Å². The normalized spacial score (nSPS) is 9.64. The van der Waals surface area contributed by atoms with Gasteiger partial charge in [-0.05, 0) is 23.7 Å². The monoisotopic (exact) mass is 172 g/mol. The fourth-order valence-electron chi connectivity index (χ4n) is 0.667. The molecule has 0 amide bonds. The van der Waals surface area contributed by atoms with Crippen LogP contribution >= 0.6 is 11.6 Å². The lowest BCUT2D eigenvalue weighted by molar-refractivity contribution is 1.10. The number of hydrogen-bond acceptors (Lipinski definition) is 5. The van der Waals surface area contributed by atoms with Crippen molar-refractivity contribution in [2.45, 2.75) is 6.92 Å². The molecule has 58 valence electrons. The van der Waals surface area contributed by atoms with Gasteiger partial charge in [0.25, 0.3) is 0 Å². The van der Waals surface area contributed by atoms with Crippen molar-refractivity contribution in [2.24, 2.45) is 5.18 Å². The highest BCUT2D eigenvalue weighted by Gasteiger charge is 2.07. The maximum absolute atomic E-state index is 10.1. The van der Waals surface area contributed by atoms with E-state index in [2.05, 4.69) is 15.1 Å². The molecule has 6 heteroatoms. The number of halogens is 1. The van der Waals surface area contributed by atoms with E-state index in [1.807, 2.05) is 0 Å². The summed E-state index contributed by atoms with van der Waals surface area (Å²) in [5, 5.41) is 2.67. The van der Waals surface area contributed by atoms with Crippen molar-refractivity contribution in [1.29, 1.82) is 0 Å². The molecule has 1 aromatic heterocycles. The summed E-state index contributed by atoms with van der Waals surface area (Å²) in [7, 11) is 0. The molecular weight excluding hydrogens is 168 g/mol. The van der Waals surface area contributed by atoms with Crippen LogP contribution in [0, 0.1) is 11.8 Å². The largest absolute Gasteiger partial charge is 0.382 e. The maximum Gasteiger partial charge on any atom is 0.224 e. The number of rotatable bonds is 1. The third-order valence-electron chi connectivity index (χ3n) is 1.15. The molecule has 1 rings (SSSR count). The summed E-state index contributed by atoms with van der Waals surface area (Å²) in [5.41, 5.74) is 5.74. The number of nitrogens with two attached hydrogens (primary N) is 1. The fraction of sp³-hybridized carbons (Fsp3) is 0.200. The summed E-state index contributed by atoms with van der Waals surface area (Å²) >= 11 is 5.43. The molecule has 0 unspecified atom stereocenters. The van der Waals surface area contributed by atoms with Crippen molar-refractivity contribution in [3.63, 3.8) is 0 Å². The van der Waals surface area contributed by atoms with E-state index in [9.17, 15) is 4.91 Å². The number of aromatic nitrogens is 2. The van der Waals surface area contributed by atoms with Crippen molar-refractivity contribution in [2.75, 3.05) is 5.73 Å². The smallest absolute Gasteiger partial charge is 0.224 e. The van der Waals surface area contributed by atoms with Crippen LogP contribution in [0.1, 0.15) is 5.69 Å². The zero-order valence-corrected chi connectivity index (χ0v) is 6.46. The van der Waals surface area contributed by atoms with Crippen LogP contribution in [-0.2, 0) is 0 Å². The van der Waals surface area contributed by atoms with Gasteiger partial charge in [-0.2, -0.15) is 4.98 Å². The molecule has 0 spiro atoms. The second-order valence-corrected chi connectivity index (χ2v) is 2.24. The standard InChI is InChI=1S/C5H5ClN4O/c1-2-3(10-11)4(7)9-5(6)8-2/h1H3,(H2,7,8,9). The van der Waals surface area contributed by atoms with Gasteiger partial charge < -0.3 is 5.73 Å². The zero-order valence-electron chi connectivity index (χ0n) is 5.71. The Labute approximate surface area is 67.6 Å². The number of nitrogen functional groups attached to an aromatic ring is 1. The molecule has 0 aromatic carbocycles. The van der Waals surface area contributed by atoms with E-state index in [-0.39, 0.29) is 16.8 Å². The average molecular weight is 173 g/mol. The summed E-state index contributed by atoms with van der Waals surface area (Å²) in [6.07, 6.45) is 0. The van der Waals surface area contributed by atoms with E-state index in [1.165, 1.54) is 0 Å². The summed E-state index contributed by atoms with van der Waals surface area (Å²) in [4.78, 5) is 17.3. The summed E-state index contributed by atoms with van der Waals surface area (Å²) in [6, 6.07) is 0. The third kappa shape index (κ3) is 1.43. The zero-order chi connectivity index (χ0) is 8.43. The lowest BCUT2D eigenvalue weighted by Gasteiger charge is -1.98. The lowest BCUT2D eigenvalue weighted by atomic mass is 10.3. The Balaban J connectivity index is 3.36. The van der Waals surface area contributed by atoms with Crippen molar-refractivity contribution < 1.29 is 0 Å². The Morgan fingerprint density at radius 3 is 2.64 bits per heavy atom. The van der Waals surface area contributed by atoms with Crippen molar-refractivity contribution in [3.05, 3.63) is 15.9 Å². The van der Waals surface area contributed by atoms with Gasteiger partial charge in [0.1, 0.15) is 0 Å². The van der Waals surface area contributed by atoms with Gasteiger partial charge >= 0.3 is 0 Å². The number of anilines is 1. The molecule has 0 saturated heterocycles. The van der Waals surface area contributed by atoms with Crippen molar-refractivity contribution in [3.8, 4) is 0 Å². The van der Waals surface area contributed by atoms with Gasteiger partial charge in [-0.1, -0.05) is 0 Å². The second kappa shape index (κ2) is 2.79. The van der Waals surface area contributed by atoms with Crippen LogP contribution in [0.3, 0.4) is 0 Å². The van der Waals surface area contributed by atoms with Gasteiger partial charge in [-0.25, -0.2) is 4.98 Å². The molecule has 5 nitrogen and oxygen atoms in total. The van der Waals surface area contributed by atoms with Crippen LogP contribution in [0.4, 0.5) is 11.5 Å². The Morgan fingerprint density at radius 2 is 2.18 bits per heavy atom. The minimum absolute atomic E-state index is 0.0116. The first-order valence-electron chi connectivity index (χ1n) is 2.78. The Hall–Kier alpha value is -1.23. The van der Waals surface area contributed by atoms with Crippen molar-refractivity contribution >= 4 is 23.1 Å². The lowest BCUT2D eigenvalue weighted by Crippen LogP contribution is -1.95. The van der Waals surface area contributed by atoms with E-state index in [4.69, 9.17) is 17.3 Å². The maximum atomic E-state index is 10.1. The van der Waals surface area contributed by atoms with Crippen molar-refractivity contribution in [1.82, 2.24) is 9.97 Å². The predicted octanol–water partition coefficient (Wildman–Crippen LogP) is 1.42. The Kier molecular flexibility index (Phi) is 2.00. The SMILES string of the molecule is Cc1nc(Cl)nc(N)c1N=O. The van der Waals surface area contributed by atoms with Gasteiger partial charge in [0.05, 0.1) is 5.69 Å². The molecule has 1 aromatic rings. The topological polar surface area (TPSA) is 81.2 Å². The van der Waals surface area contributed by atoms with Crippen LogP contribution in [0.2, 0.25) is 5.28 Å². The highest BCUT2D eigenvalue weighted by atomic mass is 35.5. The minimum Gasteiger partial charge on any atom is -0.382 e. The first-order valence-corrected chi connectivity index (χ1v) is 3.16. The molecule has 0 atom stereocenters.